The van der Waals surface area contributed by atoms with Crippen LogP contribution in [0.5, 0.6) is 0 Å². The number of hydroxylamine groups is 2. The van der Waals surface area contributed by atoms with Crippen molar-refractivity contribution in [3.8, 4) is 0 Å². The highest BCUT2D eigenvalue weighted by Crippen LogP contribution is 2.33. The summed E-state index contributed by atoms with van der Waals surface area (Å²) >= 11 is 0. The van der Waals surface area contributed by atoms with Crippen molar-refractivity contribution in [1.82, 2.24) is 10.4 Å². The van der Waals surface area contributed by atoms with Gasteiger partial charge in [-0.15, -0.1) is 5.06 Å². The molecule has 0 aliphatic carbocycles. The van der Waals surface area contributed by atoms with Crippen LogP contribution >= 0.6 is 0 Å². The number of unbranched alkanes of at least 4 members (excludes halogenated alkanes) is 22. The van der Waals surface area contributed by atoms with E-state index in [0.717, 1.165) is 116 Å². The molecule has 0 saturated carbocycles. The molecular weight excluding hydrogens is 1160 g/mol. The summed E-state index contributed by atoms with van der Waals surface area (Å²) in [6.07, 6.45) is 25.6. The fourth-order valence-corrected chi connectivity index (χ4v) is 9.49. The maximum absolute atomic E-state index is 13.7. The van der Waals surface area contributed by atoms with Gasteiger partial charge in [0.25, 0.3) is 11.8 Å². The van der Waals surface area contributed by atoms with Crippen LogP contribution in [-0.4, -0.2) is 227 Å². The second-order valence-electron chi connectivity index (χ2n) is 22.1. The molecule has 0 bridgehead atoms. The van der Waals surface area contributed by atoms with Crippen molar-refractivity contribution in [2.75, 3.05) is 165 Å². The number of amides is 3. The lowest BCUT2D eigenvalue weighted by Gasteiger charge is -2.28. The van der Waals surface area contributed by atoms with Crippen LogP contribution in [0.25, 0.3) is 0 Å². The minimum absolute atomic E-state index is 0.0470. The van der Waals surface area contributed by atoms with E-state index in [-0.39, 0.29) is 58.5 Å². The number of carbonyl (C=O) groups is 7. The Balaban J connectivity index is 2.00. The lowest BCUT2D eigenvalue weighted by atomic mass is 9.76. The van der Waals surface area contributed by atoms with Crippen molar-refractivity contribution in [1.29, 1.82) is 0 Å². The predicted molar refractivity (Wildman–Crippen MR) is 329 cm³/mol. The van der Waals surface area contributed by atoms with Gasteiger partial charge in [0, 0.05) is 32.2 Å². The van der Waals surface area contributed by atoms with Gasteiger partial charge in [-0.05, 0) is 25.7 Å². The molecule has 0 spiro atoms. The van der Waals surface area contributed by atoms with Crippen LogP contribution in [0.15, 0.2) is 0 Å². The second-order valence-corrected chi connectivity index (χ2v) is 22.1. The molecule has 4 N–H and O–H groups in total. The van der Waals surface area contributed by atoms with Crippen molar-refractivity contribution in [3.05, 3.63) is 0 Å². The summed E-state index contributed by atoms with van der Waals surface area (Å²) in [7, 11) is 0. The molecule has 0 atom stereocenters. The Morgan fingerprint density at radius 3 is 0.820 bits per heavy atom. The lowest BCUT2D eigenvalue weighted by Crippen LogP contribution is -2.47. The number of nitrogens with zero attached hydrogens (tertiary/aromatic N) is 1. The number of ether oxygens (including phenoxy) is 12. The highest BCUT2D eigenvalue weighted by Gasteiger charge is 2.44. The highest BCUT2D eigenvalue weighted by atomic mass is 16.7. The molecule has 25 heteroatoms. The van der Waals surface area contributed by atoms with Crippen molar-refractivity contribution < 1.29 is 111 Å². The maximum atomic E-state index is 13.7. The topological polar surface area (TPSA) is 315 Å². The quantitative estimate of drug-likeness (QED) is 0.0252. The Labute approximate surface area is 530 Å². The first-order valence-electron chi connectivity index (χ1n) is 33.4. The van der Waals surface area contributed by atoms with Gasteiger partial charge in [0.1, 0.15) is 5.41 Å². The van der Waals surface area contributed by atoms with Gasteiger partial charge in [-0.1, -0.05) is 141 Å². The van der Waals surface area contributed by atoms with E-state index in [9.17, 15) is 38.7 Å². The van der Waals surface area contributed by atoms with Gasteiger partial charge in [0.05, 0.1) is 165 Å². The number of hydrogen-bond acceptors (Lipinski definition) is 20. The molecule has 520 valence electrons. The van der Waals surface area contributed by atoms with Gasteiger partial charge < -0.3 is 82.3 Å². The molecule has 0 aromatic heterocycles. The van der Waals surface area contributed by atoms with E-state index in [1.165, 1.54) is 25.7 Å². The van der Waals surface area contributed by atoms with E-state index in [2.05, 4.69) is 5.32 Å². The molecule has 1 saturated heterocycles. The molecule has 1 rings (SSSR count). The van der Waals surface area contributed by atoms with Crippen LogP contribution in [0.4, 0.5) is 0 Å². The van der Waals surface area contributed by atoms with E-state index in [1.54, 1.807) is 0 Å². The summed E-state index contributed by atoms with van der Waals surface area (Å²) in [5.41, 5.74) is -1.47. The van der Waals surface area contributed by atoms with E-state index in [0.29, 0.717) is 169 Å². The van der Waals surface area contributed by atoms with E-state index in [1.807, 2.05) is 0 Å². The largest absolute Gasteiger partial charge is 0.481 e. The number of hydrogen-bond donors (Lipinski definition) is 4. The molecule has 3 amide bonds. The lowest BCUT2D eigenvalue weighted by molar-refractivity contribution is -0.198. The van der Waals surface area contributed by atoms with Gasteiger partial charge >= 0.3 is 23.9 Å². The maximum Gasteiger partial charge on any atom is 0.335 e. The number of rotatable bonds is 72. The zero-order chi connectivity index (χ0) is 64.6. The molecule has 0 aromatic carbocycles. The fourth-order valence-electron chi connectivity index (χ4n) is 9.49. The molecule has 0 aromatic rings. The number of aliphatic carboxylic acids is 3. The highest BCUT2D eigenvalue weighted by molar-refractivity contribution is 6.02. The third-order valence-electron chi connectivity index (χ3n) is 14.6. The Hall–Kier alpha value is -3.99. The monoisotopic (exact) mass is 1280 g/mol. The van der Waals surface area contributed by atoms with Gasteiger partial charge in [-0.3, -0.25) is 28.8 Å². The van der Waals surface area contributed by atoms with Crippen LogP contribution in [0.3, 0.4) is 0 Å². The number of imide groups is 1. The minimum Gasteiger partial charge on any atom is -0.481 e. The average molecular weight is 1280 g/mol. The van der Waals surface area contributed by atoms with Gasteiger partial charge in [-0.2, -0.15) is 0 Å². The first kappa shape index (κ1) is 83.0. The SMILES string of the molecule is O=C(O)CCCCCCCCCCCCCCC(CCCCCCCCCCCCCCC(=O)O)(C(=O)O)C(=O)NCCOCCOCCOCCOCCOCCOCCOCCOCCOCCOCCOCCOCCC(=O)ON1C(=O)CCC1=O. The summed E-state index contributed by atoms with van der Waals surface area (Å²) in [5.74, 6) is -4.70. The fraction of sp³-hybridized carbons (Fsp3) is 0.891. The molecule has 1 fully saturated rings. The van der Waals surface area contributed by atoms with Gasteiger partial charge in [0.2, 0.25) is 5.91 Å². The standard InChI is InChI=1S/C64H116N2O23/c67-57-27-28-58(68)66(57)89-61(73)29-33-77-35-37-79-39-41-81-43-45-83-47-49-85-51-53-87-55-56-88-54-52-86-50-48-84-46-44-82-42-40-80-38-36-78-34-32-65-62(74)64(63(75)76,30-23-19-15-11-7-3-1-5-9-13-17-21-25-59(69)70)31-24-20-16-12-8-4-2-6-10-14-18-22-26-60(71)72/h1-56H2,(H,65,74)(H,69,70)(H,71,72)(H,75,76). The van der Waals surface area contributed by atoms with Crippen LogP contribution < -0.4 is 5.32 Å². The van der Waals surface area contributed by atoms with Crippen molar-refractivity contribution in [2.45, 2.75) is 199 Å². The zero-order valence-corrected chi connectivity index (χ0v) is 54.1. The van der Waals surface area contributed by atoms with Crippen molar-refractivity contribution in [3.63, 3.8) is 0 Å². The third-order valence-corrected chi connectivity index (χ3v) is 14.6. The Kier molecular flexibility index (Phi) is 58.6. The van der Waals surface area contributed by atoms with Gasteiger partial charge in [-0.25, -0.2) is 4.79 Å². The molecule has 25 nitrogen and oxygen atoms in total. The molecular formula is C64H116N2O23. The summed E-state index contributed by atoms with van der Waals surface area (Å²) in [4.78, 5) is 87.4. The van der Waals surface area contributed by atoms with Crippen molar-refractivity contribution >= 4 is 41.6 Å². The second kappa shape index (κ2) is 62.8. The number of carboxylic acid groups (broad SMARTS) is 3. The summed E-state index contributed by atoms with van der Waals surface area (Å²) in [5, 5.41) is 31.5. The summed E-state index contributed by atoms with van der Waals surface area (Å²) in [6.45, 7) is 9.42. The predicted octanol–water partition coefficient (Wildman–Crippen LogP) is 8.46. The van der Waals surface area contributed by atoms with Crippen LogP contribution in [0.2, 0.25) is 0 Å². The number of carbonyl (C=O) groups excluding carboxylic acids is 4. The molecule has 1 heterocycles. The normalized spacial score (nSPS) is 12.6. The Morgan fingerprint density at radius 1 is 0.326 bits per heavy atom. The Morgan fingerprint density at radius 2 is 0.562 bits per heavy atom. The summed E-state index contributed by atoms with van der Waals surface area (Å²) in [6, 6.07) is 0. The minimum atomic E-state index is -1.47. The van der Waals surface area contributed by atoms with E-state index >= 15 is 0 Å². The molecule has 0 unspecified atom stereocenters. The molecule has 0 radical (unpaired) electrons. The third kappa shape index (κ3) is 53.2. The molecule has 89 heavy (non-hydrogen) atoms. The number of carboxylic acids is 3. The molecule has 1 aliphatic heterocycles. The van der Waals surface area contributed by atoms with Crippen LogP contribution in [0.1, 0.15) is 199 Å². The summed E-state index contributed by atoms with van der Waals surface area (Å²) < 4.78 is 66.1. The zero-order valence-electron chi connectivity index (χ0n) is 54.1. The van der Waals surface area contributed by atoms with E-state index < -0.39 is 47.0 Å². The number of nitrogens with one attached hydrogen (secondary N) is 1. The first-order valence-corrected chi connectivity index (χ1v) is 33.4. The smallest absolute Gasteiger partial charge is 0.335 e. The van der Waals surface area contributed by atoms with E-state index in [4.69, 9.17) is 71.9 Å². The van der Waals surface area contributed by atoms with Crippen molar-refractivity contribution in [2.24, 2.45) is 5.41 Å². The molecule has 1 aliphatic rings. The van der Waals surface area contributed by atoms with Gasteiger partial charge in [0.15, 0.2) is 0 Å². The van der Waals surface area contributed by atoms with Crippen LogP contribution in [0, 0.1) is 5.41 Å². The average Bonchev–Trinajstić information content (AvgIpc) is 2.13. The Bertz CT molecular complexity index is 1670. The first-order chi connectivity index (χ1) is 43.5. The van der Waals surface area contributed by atoms with Crippen LogP contribution in [-0.2, 0) is 95.2 Å².